The van der Waals surface area contributed by atoms with Gasteiger partial charge in [0.2, 0.25) is 5.91 Å². The molecule has 1 amide bonds. The maximum atomic E-state index is 12.9. The number of amides is 1. The van der Waals surface area contributed by atoms with Crippen LogP contribution in [0.15, 0.2) is 48.5 Å². The number of unbranched alkanes of at least 4 members (excludes halogenated alkanes) is 1. The Kier molecular flexibility index (Phi) is 7.43. The Bertz CT molecular complexity index is 805. The molecule has 0 saturated carbocycles. The van der Waals surface area contributed by atoms with Crippen LogP contribution in [0.5, 0.6) is 0 Å². The highest BCUT2D eigenvalue weighted by Gasteiger charge is 2.33. The van der Waals surface area contributed by atoms with Crippen molar-refractivity contribution in [2.75, 3.05) is 23.8 Å². The van der Waals surface area contributed by atoms with E-state index in [0.717, 1.165) is 18.9 Å². The molecule has 2 aromatic rings. The van der Waals surface area contributed by atoms with Crippen molar-refractivity contribution >= 4 is 23.3 Å². The van der Waals surface area contributed by atoms with Crippen molar-refractivity contribution < 1.29 is 27.5 Å². The number of alkyl halides is 3. The summed E-state index contributed by atoms with van der Waals surface area (Å²) in [7, 11) is 0. The second-order valence-corrected chi connectivity index (χ2v) is 6.01. The molecule has 0 atom stereocenters. The normalized spacial score (nSPS) is 11.0. The zero-order valence-corrected chi connectivity index (χ0v) is 15.3. The molecule has 5 nitrogen and oxygen atoms in total. The first-order valence-corrected chi connectivity index (χ1v) is 8.78. The standard InChI is InChI=1S/C20H21F3N2O3/c1-2-3-12-28-19(27)14-8-10-15(11-9-14)24-13-18(26)25-17-7-5-4-6-16(17)20(21,22)23/h4-11,24H,2-3,12-13H2,1H3,(H,25,26). The second kappa shape index (κ2) is 9.77. The smallest absolute Gasteiger partial charge is 0.418 e. The van der Waals surface area contributed by atoms with Crippen LogP contribution in [0.4, 0.5) is 24.5 Å². The van der Waals surface area contributed by atoms with Gasteiger partial charge in [0, 0.05) is 5.69 Å². The highest BCUT2D eigenvalue weighted by atomic mass is 19.4. The van der Waals surface area contributed by atoms with E-state index in [4.69, 9.17) is 4.74 Å². The third kappa shape index (κ3) is 6.29. The van der Waals surface area contributed by atoms with Gasteiger partial charge in [-0.05, 0) is 42.8 Å². The molecule has 2 rings (SSSR count). The number of halogens is 3. The number of rotatable bonds is 8. The third-order valence-corrected chi connectivity index (χ3v) is 3.81. The van der Waals surface area contributed by atoms with Crippen molar-refractivity contribution in [1.29, 1.82) is 0 Å². The molecule has 0 aliphatic carbocycles. The Balaban J connectivity index is 1.89. The maximum absolute atomic E-state index is 12.9. The molecule has 2 aromatic carbocycles. The van der Waals surface area contributed by atoms with Gasteiger partial charge in [0.25, 0.3) is 0 Å². The van der Waals surface area contributed by atoms with Crippen molar-refractivity contribution in [1.82, 2.24) is 0 Å². The molecule has 150 valence electrons. The summed E-state index contributed by atoms with van der Waals surface area (Å²) in [4.78, 5) is 23.8. The van der Waals surface area contributed by atoms with Gasteiger partial charge in [0.1, 0.15) is 0 Å². The van der Waals surface area contributed by atoms with Gasteiger partial charge in [0.15, 0.2) is 0 Å². The van der Waals surface area contributed by atoms with Gasteiger partial charge < -0.3 is 15.4 Å². The predicted octanol–water partition coefficient (Wildman–Crippen LogP) is 4.71. The molecule has 2 N–H and O–H groups in total. The Morgan fingerprint density at radius 2 is 1.71 bits per heavy atom. The number of para-hydroxylation sites is 1. The fourth-order valence-corrected chi connectivity index (χ4v) is 2.33. The molecule has 28 heavy (non-hydrogen) atoms. The predicted molar refractivity (Wildman–Crippen MR) is 100 cm³/mol. The molecular formula is C20H21F3N2O3. The van der Waals surface area contributed by atoms with Crippen LogP contribution in [-0.2, 0) is 15.7 Å². The van der Waals surface area contributed by atoms with E-state index in [1.54, 1.807) is 24.3 Å². The number of esters is 1. The minimum absolute atomic E-state index is 0.230. The quantitative estimate of drug-likeness (QED) is 0.503. The number of carbonyl (C=O) groups excluding carboxylic acids is 2. The molecule has 0 spiro atoms. The van der Waals surface area contributed by atoms with Gasteiger partial charge >= 0.3 is 12.1 Å². The Morgan fingerprint density at radius 3 is 2.36 bits per heavy atom. The fraction of sp³-hybridized carbons (Fsp3) is 0.300. The summed E-state index contributed by atoms with van der Waals surface area (Å²) in [5.41, 5.74) is -0.282. The lowest BCUT2D eigenvalue weighted by molar-refractivity contribution is -0.137. The van der Waals surface area contributed by atoms with E-state index < -0.39 is 23.6 Å². The molecule has 0 unspecified atom stereocenters. The number of hydrogen-bond acceptors (Lipinski definition) is 4. The third-order valence-electron chi connectivity index (χ3n) is 3.81. The Hall–Kier alpha value is -3.03. The van der Waals surface area contributed by atoms with E-state index in [1.165, 1.54) is 18.2 Å². The van der Waals surface area contributed by atoms with Crippen LogP contribution in [-0.4, -0.2) is 25.0 Å². The second-order valence-electron chi connectivity index (χ2n) is 6.01. The molecule has 0 heterocycles. The van der Waals surface area contributed by atoms with Gasteiger partial charge in [-0.15, -0.1) is 0 Å². The zero-order chi connectivity index (χ0) is 20.6. The van der Waals surface area contributed by atoms with E-state index >= 15 is 0 Å². The van der Waals surface area contributed by atoms with E-state index in [1.807, 2.05) is 6.92 Å². The van der Waals surface area contributed by atoms with Gasteiger partial charge in [-0.1, -0.05) is 25.5 Å². The minimum Gasteiger partial charge on any atom is -0.462 e. The number of benzene rings is 2. The molecule has 0 aromatic heterocycles. The molecule has 0 aliphatic heterocycles. The summed E-state index contributed by atoms with van der Waals surface area (Å²) in [6.45, 7) is 2.12. The monoisotopic (exact) mass is 394 g/mol. The average molecular weight is 394 g/mol. The van der Waals surface area contributed by atoms with E-state index in [9.17, 15) is 22.8 Å². The molecule has 8 heteroatoms. The Labute approximate surface area is 160 Å². The lowest BCUT2D eigenvalue weighted by Crippen LogP contribution is -2.23. The summed E-state index contributed by atoms with van der Waals surface area (Å²) < 4.78 is 43.9. The van der Waals surface area contributed by atoms with Gasteiger partial charge in [-0.2, -0.15) is 13.2 Å². The van der Waals surface area contributed by atoms with Crippen LogP contribution in [0.25, 0.3) is 0 Å². The first-order valence-electron chi connectivity index (χ1n) is 8.78. The van der Waals surface area contributed by atoms with Crippen LogP contribution in [0, 0.1) is 0 Å². The Morgan fingerprint density at radius 1 is 1.04 bits per heavy atom. The lowest BCUT2D eigenvalue weighted by atomic mass is 10.1. The van der Waals surface area contributed by atoms with Crippen molar-refractivity contribution in [3.05, 3.63) is 59.7 Å². The van der Waals surface area contributed by atoms with Gasteiger partial charge in [0.05, 0.1) is 30.0 Å². The van der Waals surface area contributed by atoms with Crippen LogP contribution in [0.3, 0.4) is 0 Å². The number of ether oxygens (including phenoxy) is 1. The number of hydrogen-bond donors (Lipinski definition) is 2. The summed E-state index contributed by atoms with van der Waals surface area (Å²) in [6.07, 6.45) is -2.84. The average Bonchev–Trinajstić information content (AvgIpc) is 2.66. The van der Waals surface area contributed by atoms with E-state index in [0.29, 0.717) is 17.9 Å². The van der Waals surface area contributed by atoms with Crippen molar-refractivity contribution in [3.63, 3.8) is 0 Å². The topological polar surface area (TPSA) is 67.4 Å². The van der Waals surface area contributed by atoms with E-state index in [2.05, 4.69) is 10.6 Å². The molecule has 0 radical (unpaired) electrons. The van der Waals surface area contributed by atoms with Crippen LogP contribution >= 0.6 is 0 Å². The number of carbonyl (C=O) groups is 2. The van der Waals surface area contributed by atoms with Crippen molar-refractivity contribution in [2.45, 2.75) is 25.9 Å². The van der Waals surface area contributed by atoms with E-state index in [-0.39, 0.29) is 12.2 Å². The van der Waals surface area contributed by atoms with Crippen LogP contribution < -0.4 is 10.6 Å². The number of anilines is 2. The number of nitrogens with one attached hydrogen (secondary N) is 2. The molecule has 0 bridgehead atoms. The SMILES string of the molecule is CCCCOC(=O)c1ccc(NCC(=O)Nc2ccccc2C(F)(F)F)cc1. The summed E-state index contributed by atoms with van der Waals surface area (Å²) in [6, 6.07) is 11.0. The first-order chi connectivity index (χ1) is 13.3. The summed E-state index contributed by atoms with van der Waals surface area (Å²) in [5.74, 6) is -1.05. The molecule has 0 saturated heterocycles. The zero-order valence-electron chi connectivity index (χ0n) is 15.3. The molecule has 0 aliphatic rings. The summed E-state index contributed by atoms with van der Waals surface area (Å²) >= 11 is 0. The van der Waals surface area contributed by atoms with Crippen molar-refractivity contribution in [2.24, 2.45) is 0 Å². The molecular weight excluding hydrogens is 373 g/mol. The highest BCUT2D eigenvalue weighted by molar-refractivity contribution is 5.94. The first kappa shape index (κ1) is 21.3. The van der Waals surface area contributed by atoms with Gasteiger partial charge in [-0.3, -0.25) is 4.79 Å². The minimum atomic E-state index is -4.56. The summed E-state index contributed by atoms with van der Waals surface area (Å²) in [5, 5.41) is 5.05. The largest absolute Gasteiger partial charge is 0.462 e. The lowest BCUT2D eigenvalue weighted by Gasteiger charge is -2.14. The highest BCUT2D eigenvalue weighted by Crippen LogP contribution is 2.34. The molecule has 0 fully saturated rings. The maximum Gasteiger partial charge on any atom is 0.418 e. The van der Waals surface area contributed by atoms with Crippen molar-refractivity contribution in [3.8, 4) is 0 Å². The van der Waals surface area contributed by atoms with Crippen LogP contribution in [0.2, 0.25) is 0 Å². The van der Waals surface area contributed by atoms with Crippen LogP contribution in [0.1, 0.15) is 35.7 Å². The van der Waals surface area contributed by atoms with Gasteiger partial charge in [-0.25, -0.2) is 4.79 Å². The fourth-order valence-electron chi connectivity index (χ4n) is 2.33.